The van der Waals surface area contributed by atoms with Crippen LogP contribution >= 0.6 is 0 Å². The van der Waals surface area contributed by atoms with Gasteiger partial charge < -0.3 is 14.6 Å². The molecule has 0 heterocycles. The topological polar surface area (TPSA) is 55.8 Å². The standard InChI is InChI=1S/C11H13FO2.C11H14O.C2H6.CH4O/c1-14-11(13)4-2-3-9-5-7-10(12)8-6-9;1-2-3-9-12-10-11-7-5-4-6-8-11;2*1-2/h5-8H,2-4H2,1H3;2-8H,9-10H2,1H3;1-2H3;2H,1H3/b;3-2-;;. The van der Waals surface area contributed by atoms with Crippen molar-refractivity contribution in [3.63, 3.8) is 0 Å². The minimum Gasteiger partial charge on any atom is -0.469 e. The number of halogens is 1. The van der Waals surface area contributed by atoms with Gasteiger partial charge in [0.05, 0.1) is 20.3 Å². The molecule has 0 aromatic heterocycles. The Morgan fingerprint density at radius 1 is 1.00 bits per heavy atom. The van der Waals surface area contributed by atoms with Gasteiger partial charge in [0.2, 0.25) is 0 Å². The molecular weight excluding hydrogens is 383 g/mol. The van der Waals surface area contributed by atoms with Crippen LogP contribution in [0.4, 0.5) is 4.39 Å². The average Bonchev–Trinajstić information content (AvgIpc) is 2.82. The van der Waals surface area contributed by atoms with Crippen LogP contribution in [0.5, 0.6) is 0 Å². The molecule has 0 spiro atoms. The molecule has 0 saturated carbocycles. The largest absolute Gasteiger partial charge is 0.469 e. The van der Waals surface area contributed by atoms with Crippen LogP contribution in [0.15, 0.2) is 66.7 Å². The highest BCUT2D eigenvalue weighted by molar-refractivity contribution is 5.69. The first-order valence-electron chi connectivity index (χ1n) is 10.1. The van der Waals surface area contributed by atoms with Crippen molar-refractivity contribution in [2.75, 3.05) is 20.8 Å². The highest BCUT2D eigenvalue weighted by Gasteiger charge is 2.00. The number of hydrogen-bond acceptors (Lipinski definition) is 4. The molecule has 2 rings (SSSR count). The molecule has 5 heteroatoms. The Labute approximate surface area is 181 Å². The van der Waals surface area contributed by atoms with E-state index in [1.807, 2.05) is 51.1 Å². The van der Waals surface area contributed by atoms with Gasteiger partial charge in [0.25, 0.3) is 0 Å². The van der Waals surface area contributed by atoms with E-state index in [4.69, 9.17) is 9.84 Å². The summed E-state index contributed by atoms with van der Waals surface area (Å²) in [6.07, 6.45) is 5.91. The Morgan fingerprint density at radius 2 is 1.60 bits per heavy atom. The molecule has 0 fully saturated rings. The van der Waals surface area contributed by atoms with E-state index in [1.54, 1.807) is 12.1 Å². The van der Waals surface area contributed by atoms with Gasteiger partial charge in [0.1, 0.15) is 5.82 Å². The van der Waals surface area contributed by atoms with Crippen LogP contribution in [0.2, 0.25) is 0 Å². The molecule has 0 bridgehead atoms. The van der Waals surface area contributed by atoms with Crippen molar-refractivity contribution in [2.24, 2.45) is 0 Å². The highest BCUT2D eigenvalue weighted by atomic mass is 19.1. The van der Waals surface area contributed by atoms with E-state index < -0.39 is 0 Å². The fraction of sp³-hybridized carbons (Fsp3) is 0.400. The lowest BCUT2D eigenvalue weighted by molar-refractivity contribution is -0.140. The molecule has 2 aromatic carbocycles. The number of methoxy groups -OCH3 is 1. The summed E-state index contributed by atoms with van der Waals surface area (Å²) in [5, 5.41) is 7.00. The summed E-state index contributed by atoms with van der Waals surface area (Å²) in [5.41, 5.74) is 2.26. The lowest BCUT2D eigenvalue weighted by atomic mass is 10.1. The summed E-state index contributed by atoms with van der Waals surface area (Å²) >= 11 is 0. The van der Waals surface area contributed by atoms with Gasteiger partial charge in [-0.3, -0.25) is 4.79 Å². The molecular formula is C25H37FO4. The summed E-state index contributed by atoms with van der Waals surface area (Å²) in [5.74, 6) is -0.436. The van der Waals surface area contributed by atoms with E-state index in [0.717, 1.165) is 25.5 Å². The first-order chi connectivity index (χ1) is 14.7. The van der Waals surface area contributed by atoms with Gasteiger partial charge >= 0.3 is 5.97 Å². The molecule has 0 saturated heterocycles. The molecule has 0 atom stereocenters. The second-order valence-corrected chi connectivity index (χ2v) is 5.63. The quantitative estimate of drug-likeness (QED) is 0.336. The molecule has 0 amide bonds. The Kier molecular flexibility index (Phi) is 22.6. The summed E-state index contributed by atoms with van der Waals surface area (Å²) in [6, 6.07) is 16.5. The van der Waals surface area contributed by atoms with E-state index in [2.05, 4.69) is 16.9 Å². The van der Waals surface area contributed by atoms with Gasteiger partial charge in [-0.05, 0) is 43.0 Å². The number of aliphatic hydroxyl groups is 1. The van der Waals surface area contributed by atoms with Gasteiger partial charge in [-0.1, -0.05) is 68.5 Å². The van der Waals surface area contributed by atoms with E-state index in [9.17, 15) is 9.18 Å². The van der Waals surface area contributed by atoms with Crippen molar-refractivity contribution in [1.29, 1.82) is 0 Å². The third-order valence-corrected chi connectivity index (χ3v) is 3.55. The monoisotopic (exact) mass is 420 g/mol. The van der Waals surface area contributed by atoms with Crippen LogP contribution in [0.1, 0.15) is 44.7 Å². The number of allylic oxidation sites excluding steroid dienone is 1. The van der Waals surface area contributed by atoms with Crippen LogP contribution < -0.4 is 0 Å². The Morgan fingerprint density at radius 3 is 2.13 bits per heavy atom. The van der Waals surface area contributed by atoms with Crippen LogP contribution in [0.25, 0.3) is 0 Å². The Balaban J connectivity index is 0. The van der Waals surface area contributed by atoms with Gasteiger partial charge in [-0.15, -0.1) is 0 Å². The third-order valence-electron chi connectivity index (χ3n) is 3.55. The minimum atomic E-state index is -0.235. The summed E-state index contributed by atoms with van der Waals surface area (Å²) in [6.45, 7) is 7.39. The summed E-state index contributed by atoms with van der Waals surface area (Å²) in [7, 11) is 2.38. The molecule has 4 nitrogen and oxygen atoms in total. The van der Waals surface area contributed by atoms with Crippen molar-refractivity contribution in [3.8, 4) is 0 Å². The van der Waals surface area contributed by atoms with Crippen LogP contribution in [-0.2, 0) is 27.3 Å². The minimum absolute atomic E-state index is 0.202. The molecule has 2 aromatic rings. The molecule has 30 heavy (non-hydrogen) atoms. The summed E-state index contributed by atoms with van der Waals surface area (Å²) < 4.78 is 22.4. The zero-order chi connectivity index (χ0) is 23.0. The lowest BCUT2D eigenvalue weighted by Gasteiger charge is -2.00. The van der Waals surface area contributed by atoms with E-state index in [-0.39, 0.29) is 11.8 Å². The normalized spacial score (nSPS) is 9.30. The number of benzene rings is 2. The fourth-order valence-corrected chi connectivity index (χ4v) is 2.11. The second-order valence-electron chi connectivity index (χ2n) is 5.63. The van der Waals surface area contributed by atoms with E-state index >= 15 is 0 Å². The van der Waals surface area contributed by atoms with E-state index in [0.29, 0.717) is 19.6 Å². The Bertz CT molecular complexity index is 640. The van der Waals surface area contributed by atoms with Gasteiger partial charge in [-0.25, -0.2) is 4.39 Å². The van der Waals surface area contributed by atoms with Crippen molar-refractivity contribution >= 4 is 5.97 Å². The predicted molar refractivity (Wildman–Crippen MR) is 122 cm³/mol. The molecule has 0 aliphatic rings. The Hall–Kier alpha value is -2.50. The number of aliphatic hydroxyl groups excluding tert-OH is 1. The molecule has 0 aliphatic carbocycles. The van der Waals surface area contributed by atoms with Gasteiger partial charge in [0.15, 0.2) is 0 Å². The number of carbonyl (C=O) groups is 1. The number of rotatable bonds is 8. The maximum atomic E-state index is 12.5. The predicted octanol–water partition coefficient (Wildman–Crippen LogP) is 5.74. The lowest BCUT2D eigenvalue weighted by Crippen LogP contribution is -2.00. The maximum absolute atomic E-state index is 12.5. The van der Waals surface area contributed by atoms with Crippen LogP contribution in [-0.4, -0.2) is 31.9 Å². The highest BCUT2D eigenvalue weighted by Crippen LogP contribution is 2.07. The SMILES string of the molecule is C/C=C\COCc1ccccc1.CC.CO.COC(=O)CCCc1ccc(F)cc1. The van der Waals surface area contributed by atoms with Gasteiger partial charge in [-0.2, -0.15) is 0 Å². The fourth-order valence-electron chi connectivity index (χ4n) is 2.11. The zero-order valence-electron chi connectivity index (χ0n) is 18.9. The van der Waals surface area contributed by atoms with Crippen LogP contribution in [0.3, 0.4) is 0 Å². The maximum Gasteiger partial charge on any atom is 0.305 e. The number of carbonyl (C=O) groups excluding carboxylic acids is 1. The van der Waals surface area contributed by atoms with E-state index in [1.165, 1.54) is 24.8 Å². The molecule has 1 N–H and O–H groups in total. The van der Waals surface area contributed by atoms with Crippen molar-refractivity contribution in [1.82, 2.24) is 0 Å². The first kappa shape index (κ1) is 29.7. The third kappa shape index (κ3) is 17.6. The van der Waals surface area contributed by atoms with Crippen molar-refractivity contribution < 1.29 is 23.8 Å². The number of esters is 1. The second kappa shape index (κ2) is 22.8. The number of hydrogen-bond donors (Lipinski definition) is 1. The van der Waals surface area contributed by atoms with Crippen LogP contribution in [0, 0.1) is 5.82 Å². The number of aryl methyl sites for hydroxylation is 1. The molecule has 0 aliphatic heterocycles. The first-order valence-corrected chi connectivity index (χ1v) is 10.1. The number of ether oxygens (including phenoxy) is 2. The van der Waals surface area contributed by atoms with Gasteiger partial charge in [0, 0.05) is 13.5 Å². The average molecular weight is 421 g/mol. The molecule has 168 valence electrons. The summed E-state index contributed by atoms with van der Waals surface area (Å²) in [4.78, 5) is 10.8. The van der Waals surface area contributed by atoms with Crippen molar-refractivity contribution in [3.05, 3.63) is 83.7 Å². The smallest absolute Gasteiger partial charge is 0.305 e. The molecule has 0 unspecified atom stereocenters. The molecule has 0 radical (unpaired) electrons. The zero-order valence-corrected chi connectivity index (χ0v) is 18.9. The van der Waals surface area contributed by atoms with Crippen molar-refractivity contribution in [2.45, 2.75) is 46.6 Å².